The maximum atomic E-state index is 13.2. The van der Waals surface area contributed by atoms with Crippen molar-refractivity contribution in [2.75, 3.05) is 6.61 Å². The number of rotatable bonds is 5. The fraction of sp³-hybridized carbons (Fsp3) is 0.176. The van der Waals surface area contributed by atoms with Crippen molar-refractivity contribution in [3.8, 4) is 0 Å². The van der Waals surface area contributed by atoms with Gasteiger partial charge in [-0.3, -0.25) is 0 Å². The number of nitrogens with one attached hydrogen (secondary N) is 1. The van der Waals surface area contributed by atoms with Crippen molar-refractivity contribution in [3.63, 3.8) is 0 Å². The molecule has 0 radical (unpaired) electrons. The summed E-state index contributed by atoms with van der Waals surface area (Å²) in [6, 6.07) is 13.3. The molecule has 2 aromatic carbocycles. The Bertz CT molecular complexity index is 770. The van der Waals surface area contributed by atoms with Crippen LogP contribution in [0.4, 0.5) is 4.39 Å². The van der Waals surface area contributed by atoms with E-state index in [9.17, 15) is 9.50 Å². The van der Waals surface area contributed by atoms with Crippen LogP contribution in [-0.2, 0) is 6.54 Å². The molecule has 114 valence electrons. The van der Waals surface area contributed by atoms with Crippen LogP contribution >= 0.6 is 11.6 Å². The van der Waals surface area contributed by atoms with Crippen LogP contribution in [0.2, 0.25) is 5.02 Å². The Hall–Kier alpha value is -1.88. The number of aliphatic hydroxyl groups is 1. The minimum Gasteiger partial charge on any atom is -0.460 e. The highest BCUT2D eigenvalue weighted by Crippen LogP contribution is 2.21. The maximum absolute atomic E-state index is 13.2. The molecule has 0 amide bonds. The lowest BCUT2D eigenvalue weighted by Gasteiger charge is -2.15. The number of aliphatic hydroxyl groups excluding tert-OH is 1. The second-order valence-corrected chi connectivity index (χ2v) is 5.50. The molecule has 0 bridgehead atoms. The first-order valence-corrected chi connectivity index (χ1v) is 7.31. The zero-order valence-corrected chi connectivity index (χ0v) is 12.5. The van der Waals surface area contributed by atoms with Crippen LogP contribution in [0.25, 0.3) is 11.0 Å². The molecule has 3 rings (SSSR count). The summed E-state index contributed by atoms with van der Waals surface area (Å²) in [5.74, 6) is 0.398. The minimum atomic E-state index is -0.290. The molecule has 0 saturated heterocycles. The Balaban J connectivity index is 1.72. The predicted molar refractivity (Wildman–Crippen MR) is 84.3 cm³/mol. The van der Waals surface area contributed by atoms with E-state index in [-0.39, 0.29) is 18.5 Å². The first-order valence-electron chi connectivity index (χ1n) is 6.93. The van der Waals surface area contributed by atoms with Crippen molar-refractivity contribution in [1.82, 2.24) is 5.32 Å². The molecule has 1 atom stereocenters. The molecule has 1 unspecified atom stereocenters. The summed E-state index contributed by atoms with van der Waals surface area (Å²) in [4.78, 5) is 0. The molecule has 5 heteroatoms. The van der Waals surface area contributed by atoms with Crippen LogP contribution in [0.3, 0.4) is 0 Å². The Kier molecular flexibility index (Phi) is 4.43. The van der Waals surface area contributed by atoms with Crippen LogP contribution in [-0.4, -0.2) is 11.7 Å². The molecule has 1 aromatic heterocycles. The van der Waals surface area contributed by atoms with E-state index in [1.807, 2.05) is 12.1 Å². The molecular weight excluding hydrogens is 305 g/mol. The molecule has 2 N–H and O–H groups in total. The van der Waals surface area contributed by atoms with E-state index in [1.54, 1.807) is 24.3 Å². The van der Waals surface area contributed by atoms with Crippen molar-refractivity contribution in [3.05, 3.63) is 70.7 Å². The van der Waals surface area contributed by atoms with Gasteiger partial charge in [-0.25, -0.2) is 4.39 Å². The summed E-state index contributed by atoms with van der Waals surface area (Å²) < 4.78 is 18.8. The van der Waals surface area contributed by atoms with Crippen LogP contribution < -0.4 is 5.32 Å². The lowest BCUT2D eigenvalue weighted by atomic mass is 10.1. The Morgan fingerprint density at radius 1 is 1.14 bits per heavy atom. The van der Waals surface area contributed by atoms with Gasteiger partial charge in [-0.05, 0) is 42.0 Å². The van der Waals surface area contributed by atoms with Gasteiger partial charge in [-0.2, -0.15) is 0 Å². The first kappa shape index (κ1) is 15.0. The van der Waals surface area contributed by atoms with Crippen LogP contribution in [0.5, 0.6) is 0 Å². The molecule has 0 aliphatic heterocycles. The lowest BCUT2D eigenvalue weighted by Crippen LogP contribution is -2.23. The quantitative estimate of drug-likeness (QED) is 0.746. The highest BCUT2D eigenvalue weighted by Gasteiger charge is 2.11. The smallest absolute Gasteiger partial charge is 0.134 e. The van der Waals surface area contributed by atoms with E-state index < -0.39 is 0 Å². The summed E-state index contributed by atoms with van der Waals surface area (Å²) in [5, 5.41) is 14.1. The summed E-state index contributed by atoms with van der Waals surface area (Å²) in [6.45, 7) is 0.390. The Morgan fingerprint density at radius 3 is 2.64 bits per heavy atom. The molecule has 0 aliphatic rings. The van der Waals surface area contributed by atoms with Gasteiger partial charge in [-0.15, -0.1) is 0 Å². The van der Waals surface area contributed by atoms with Crippen molar-refractivity contribution >= 4 is 22.6 Å². The number of hydrogen-bond acceptors (Lipinski definition) is 3. The minimum absolute atomic E-state index is 0.0451. The van der Waals surface area contributed by atoms with Crippen molar-refractivity contribution in [2.24, 2.45) is 0 Å². The third kappa shape index (κ3) is 3.30. The topological polar surface area (TPSA) is 45.4 Å². The van der Waals surface area contributed by atoms with Gasteiger partial charge in [0.1, 0.15) is 17.2 Å². The molecule has 3 aromatic rings. The number of benzene rings is 2. The summed E-state index contributed by atoms with van der Waals surface area (Å²) in [6.07, 6.45) is 0. The second-order valence-electron chi connectivity index (χ2n) is 5.06. The van der Waals surface area contributed by atoms with Crippen molar-refractivity contribution in [2.45, 2.75) is 12.6 Å². The van der Waals surface area contributed by atoms with E-state index in [1.165, 1.54) is 12.1 Å². The highest BCUT2D eigenvalue weighted by molar-refractivity contribution is 6.30. The van der Waals surface area contributed by atoms with E-state index in [0.717, 1.165) is 10.9 Å². The van der Waals surface area contributed by atoms with E-state index in [0.29, 0.717) is 22.9 Å². The van der Waals surface area contributed by atoms with Gasteiger partial charge in [0.05, 0.1) is 19.2 Å². The molecule has 0 spiro atoms. The molecule has 0 saturated carbocycles. The number of hydrogen-bond donors (Lipinski definition) is 2. The van der Waals surface area contributed by atoms with Crippen molar-refractivity contribution in [1.29, 1.82) is 0 Å². The van der Waals surface area contributed by atoms with E-state index in [2.05, 4.69) is 5.32 Å². The Labute approximate surface area is 132 Å². The standard InChI is InChI=1S/C17H15ClFNO2/c18-13-3-1-11(2-4-13)16(10-21)20-9-15-8-12-7-14(19)5-6-17(12)22-15/h1-8,16,20-21H,9-10H2. The number of halogens is 2. The van der Waals surface area contributed by atoms with Crippen LogP contribution in [0.1, 0.15) is 17.4 Å². The monoisotopic (exact) mass is 319 g/mol. The van der Waals surface area contributed by atoms with Crippen molar-refractivity contribution < 1.29 is 13.9 Å². The second kappa shape index (κ2) is 6.48. The lowest BCUT2D eigenvalue weighted by molar-refractivity contribution is 0.241. The van der Waals surface area contributed by atoms with Gasteiger partial charge in [0.25, 0.3) is 0 Å². The van der Waals surface area contributed by atoms with Gasteiger partial charge in [0.15, 0.2) is 0 Å². The molecule has 0 aliphatic carbocycles. The zero-order valence-electron chi connectivity index (χ0n) is 11.7. The normalized spacial score (nSPS) is 12.7. The summed E-state index contributed by atoms with van der Waals surface area (Å²) in [7, 11) is 0. The summed E-state index contributed by atoms with van der Waals surface area (Å²) >= 11 is 5.86. The zero-order chi connectivity index (χ0) is 15.5. The van der Waals surface area contributed by atoms with Gasteiger partial charge < -0.3 is 14.8 Å². The van der Waals surface area contributed by atoms with Crippen LogP contribution in [0.15, 0.2) is 52.9 Å². The maximum Gasteiger partial charge on any atom is 0.134 e. The molecule has 1 heterocycles. The largest absolute Gasteiger partial charge is 0.460 e. The fourth-order valence-corrected chi connectivity index (χ4v) is 2.49. The molecule has 0 fully saturated rings. The van der Waals surface area contributed by atoms with E-state index >= 15 is 0 Å². The third-order valence-electron chi connectivity index (χ3n) is 3.51. The van der Waals surface area contributed by atoms with Crippen LogP contribution in [0, 0.1) is 5.82 Å². The average Bonchev–Trinajstić information content (AvgIpc) is 2.91. The highest BCUT2D eigenvalue weighted by atomic mass is 35.5. The van der Waals surface area contributed by atoms with Gasteiger partial charge in [0, 0.05) is 10.4 Å². The molecule has 3 nitrogen and oxygen atoms in total. The SMILES string of the molecule is OCC(NCc1cc2cc(F)ccc2o1)c1ccc(Cl)cc1. The molecule has 22 heavy (non-hydrogen) atoms. The Morgan fingerprint density at radius 2 is 1.91 bits per heavy atom. The van der Waals surface area contributed by atoms with Gasteiger partial charge in [0.2, 0.25) is 0 Å². The van der Waals surface area contributed by atoms with Gasteiger partial charge in [-0.1, -0.05) is 23.7 Å². The average molecular weight is 320 g/mol. The van der Waals surface area contributed by atoms with E-state index in [4.69, 9.17) is 16.0 Å². The van der Waals surface area contributed by atoms with Gasteiger partial charge >= 0.3 is 0 Å². The number of furan rings is 1. The summed E-state index contributed by atoms with van der Waals surface area (Å²) in [5.41, 5.74) is 1.58. The third-order valence-corrected chi connectivity index (χ3v) is 3.76. The number of fused-ring (bicyclic) bond motifs is 1. The fourth-order valence-electron chi connectivity index (χ4n) is 2.36. The molecular formula is C17H15ClFNO2. The predicted octanol–water partition coefficient (Wildman–Crippen LogP) is 4.05. The first-order chi connectivity index (χ1) is 10.7.